The van der Waals surface area contributed by atoms with Gasteiger partial charge in [-0.15, -0.1) is 0 Å². The molecule has 1 aliphatic rings. The number of anilines is 1. The van der Waals surface area contributed by atoms with Crippen molar-refractivity contribution in [1.82, 2.24) is 9.80 Å². The molecular formula is C20H29N3O5. The SMILES string of the molecule is CCOC(=O)N1CCN(C(=O)C(C)(C)C(=O)Nc2cc(C)ccc2OC)CC1. The van der Waals surface area contributed by atoms with Crippen molar-refractivity contribution in [2.75, 3.05) is 45.2 Å². The molecule has 8 nitrogen and oxygen atoms in total. The molecule has 0 aromatic heterocycles. The summed E-state index contributed by atoms with van der Waals surface area (Å²) in [6, 6.07) is 5.46. The van der Waals surface area contributed by atoms with Gasteiger partial charge in [0, 0.05) is 26.2 Å². The van der Waals surface area contributed by atoms with E-state index in [2.05, 4.69) is 5.32 Å². The molecule has 0 spiro atoms. The highest BCUT2D eigenvalue weighted by molar-refractivity contribution is 6.10. The van der Waals surface area contributed by atoms with Gasteiger partial charge in [-0.1, -0.05) is 6.07 Å². The average molecular weight is 391 g/mol. The van der Waals surface area contributed by atoms with Gasteiger partial charge in [0.25, 0.3) is 0 Å². The van der Waals surface area contributed by atoms with E-state index in [1.54, 1.807) is 42.7 Å². The molecular weight excluding hydrogens is 362 g/mol. The highest BCUT2D eigenvalue weighted by atomic mass is 16.6. The quantitative estimate of drug-likeness (QED) is 0.778. The molecule has 3 amide bonds. The average Bonchev–Trinajstić information content (AvgIpc) is 2.67. The summed E-state index contributed by atoms with van der Waals surface area (Å²) >= 11 is 0. The molecule has 8 heteroatoms. The molecule has 154 valence electrons. The lowest BCUT2D eigenvalue weighted by Crippen LogP contribution is -2.55. The van der Waals surface area contributed by atoms with Crippen molar-refractivity contribution in [1.29, 1.82) is 0 Å². The van der Waals surface area contributed by atoms with E-state index in [4.69, 9.17) is 9.47 Å². The topological polar surface area (TPSA) is 88.2 Å². The van der Waals surface area contributed by atoms with Gasteiger partial charge in [0.1, 0.15) is 11.2 Å². The number of methoxy groups -OCH3 is 1. The molecule has 1 aliphatic heterocycles. The van der Waals surface area contributed by atoms with Crippen molar-refractivity contribution in [2.45, 2.75) is 27.7 Å². The number of piperazine rings is 1. The minimum absolute atomic E-state index is 0.278. The molecule has 1 heterocycles. The summed E-state index contributed by atoms with van der Waals surface area (Å²) in [5.74, 6) is -0.153. The molecule has 0 unspecified atom stereocenters. The Bertz CT molecular complexity index is 739. The van der Waals surface area contributed by atoms with Crippen LogP contribution in [-0.4, -0.2) is 67.6 Å². The van der Waals surface area contributed by atoms with Gasteiger partial charge in [-0.3, -0.25) is 9.59 Å². The molecule has 0 bridgehead atoms. The van der Waals surface area contributed by atoms with Crippen molar-refractivity contribution in [3.8, 4) is 5.75 Å². The zero-order valence-corrected chi connectivity index (χ0v) is 17.2. The molecule has 1 aromatic carbocycles. The molecule has 2 rings (SSSR count). The highest BCUT2D eigenvalue weighted by Gasteiger charge is 2.40. The van der Waals surface area contributed by atoms with Crippen LogP contribution in [0.2, 0.25) is 0 Å². The summed E-state index contributed by atoms with van der Waals surface area (Å²) in [5, 5.41) is 2.81. The van der Waals surface area contributed by atoms with Gasteiger partial charge in [0.05, 0.1) is 19.4 Å². The minimum atomic E-state index is -1.26. The fraction of sp³-hybridized carbons (Fsp3) is 0.550. The Kier molecular flexibility index (Phi) is 6.88. The van der Waals surface area contributed by atoms with E-state index in [0.717, 1.165) is 5.56 Å². The van der Waals surface area contributed by atoms with Crippen LogP contribution >= 0.6 is 0 Å². The van der Waals surface area contributed by atoms with Crippen LogP contribution in [0.1, 0.15) is 26.3 Å². The fourth-order valence-corrected chi connectivity index (χ4v) is 3.00. The molecule has 1 saturated heterocycles. The van der Waals surface area contributed by atoms with Gasteiger partial charge in [-0.2, -0.15) is 0 Å². The van der Waals surface area contributed by atoms with Crippen molar-refractivity contribution in [2.24, 2.45) is 5.41 Å². The number of hydrogen-bond donors (Lipinski definition) is 1. The van der Waals surface area contributed by atoms with E-state index < -0.39 is 11.3 Å². The fourth-order valence-electron chi connectivity index (χ4n) is 3.00. The Morgan fingerprint density at radius 3 is 2.29 bits per heavy atom. The third kappa shape index (κ3) is 4.74. The monoisotopic (exact) mass is 391 g/mol. The van der Waals surface area contributed by atoms with E-state index in [0.29, 0.717) is 44.2 Å². The van der Waals surface area contributed by atoms with Crippen LogP contribution < -0.4 is 10.1 Å². The van der Waals surface area contributed by atoms with E-state index in [1.807, 2.05) is 13.0 Å². The smallest absolute Gasteiger partial charge is 0.409 e. The van der Waals surface area contributed by atoms with E-state index in [-0.39, 0.29) is 12.0 Å². The maximum Gasteiger partial charge on any atom is 0.409 e. The molecule has 0 saturated carbocycles. The third-order valence-corrected chi connectivity index (χ3v) is 4.80. The van der Waals surface area contributed by atoms with Crippen LogP contribution in [-0.2, 0) is 14.3 Å². The Morgan fingerprint density at radius 1 is 1.11 bits per heavy atom. The number of nitrogens with zero attached hydrogens (tertiary/aromatic N) is 2. The first kappa shape index (κ1) is 21.5. The van der Waals surface area contributed by atoms with Gasteiger partial charge in [0.15, 0.2) is 0 Å². The second kappa shape index (κ2) is 8.95. The normalized spacial score (nSPS) is 14.5. The van der Waals surface area contributed by atoms with Gasteiger partial charge >= 0.3 is 6.09 Å². The molecule has 1 aromatic rings. The molecule has 0 aliphatic carbocycles. The number of ether oxygens (including phenoxy) is 2. The maximum absolute atomic E-state index is 13.0. The number of nitrogens with one attached hydrogen (secondary N) is 1. The first-order valence-corrected chi connectivity index (χ1v) is 9.37. The Labute approximate surface area is 165 Å². The molecule has 0 radical (unpaired) electrons. The standard InChI is InChI=1S/C20H29N3O5/c1-6-28-19(26)23-11-9-22(10-12-23)18(25)20(3,4)17(24)21-15-13-14(2)7-8-16(15)27-5/h7-8,13H,6,9-12H2,1-5H3,(H,21,24). The lowest BCUT2D eigenvalue weighted by Gasteiger charge is -2.37. The predicted molar refractivity (Wildman–Crippen MR) is 105 cm³/mol. The van der Waals surface area contributed by atoms with Crippen LogP contribution in [0.3, 0.4) is 0 Å². The summed E-state index contributed by atoms with van der Waals surface area (Å²) in [7, 11) is 1.53. The second-order valence-corrected chi connectivity index (χ2v) is 7.26. The maximum atomic E-state index is 13.0. The Balaban J connectivity index is 2.03. The summed E-state index contributed by atoms with van der Waals surface area (Å²) < 4.78 is 10.3. The summed E-state index contributed by atoms with van der Waals surface area (Å²) in [4.78, 5) is 40.8. The van der Waals surface area contributed by atoms with Gasteiger partial charge in [-0.25, -0.2) is 4.79 Å². The summed E-state index contributed by atoms with van der Waals surface area (Å²) in [6.45, 7) is 8.67. The third-order valence-electron chi connectivity index (χ3n) is 4.80. The first-order valence-electron chi connectivity index (χ1n) is 9.37. The molecule has 0 atom stereocenters. The minimum Gasteiger partial charge on any atom is -0.495 e. The predicted octanol–water partition coefficient (Wildman–Crippen LogP) is 2.27. The zero-order valence-electron chi connectivity index (χ0n) is 17.2. The lowest BCUT2D eigenvalue weighted by atomic mass is 9.89. The van der Waals surface area contributed by atoms with E-state index in [1.165, 1.54) is 7.11 Å². The van der Waals surface area contributed by atoms with Crippen LogP contribution in [0, 0.1) is 12.3 Å². The number of carbonyl (C=O) groups excluding carboxylic acids is 3. The number of rotatable bonds is 5. The summed E-state index contributed by atoms with van der Waals surface area (Å²) in [6.07, 6.45) is -0.377. The van der Waals surface area contributed by atoms with Gasteiger partial charge in [0.2, 0.25) is 11.8 Å². The first-order chi connectivity index (χ1) is 13.2. The molecule has 1 N–H and O–H groups in total. The second-order valence-electron chi connectivity index (χ2n) is 7.26. The van der Waals surface area contributed by atoms with Gasteiger partial charge < -0.3 is 24.6 Å². The van der Waals surface area contributed by atoms with Crippen LogP contribution in [0.15, 0.2) is 18.2 Å². The van der Waals surface area contributed by atoms with Crippen molar-refractivity contribution in [3.05, 3.63) is 23.8 Å². The summed E-state index contributed by atoms with van der Waals surface area (Å²) in [5.41, 5.74) is 0.233. The lowest BCUT2D eigenvalue weighted by molar-refractivity contribution is -0.147. The van der Waals surface area contributed by atoms with Crippen molar-refractivity contribution >= 4 is 23.6 Å². The highest BCUT2D eigenvalue weighted by Crippen LogP contribution is 2.29. The van der Waals surface area contributed by atoms with Crippen molar-refractivity contribution in [3.63, 3.8) is 0 Å². The van der Waals surface area contributed by atoms with Crippen molar-refractivity contribution < 1.29 is 23.9 Å². The van der Waals surface area contributed by atoms with Crippen LogP contribution in [0.5, 0.6) is 5.75 Å². The number of benzene rings is 1. The Morgan fingerprint density at radius 2 is 1.71 bits per heavy atom. The number of hydrogen-bond acceptors (Lipinski definition) is 5. The van der Waals surface area contributed by atoms with E-state index in [9.17, 15) is 14.4 Å². The number of amides is 3. The van der Waals surface area contributed by atoms with Crippen LogP contribution in [0.4, 0.5) is 10.5 Å². The number of carbonyl (C=O) groups is 3. The van der Waals surface area contributed by atoms with Gasteiger partial charge in [-0.05, 0) is 45.4 Å². The zero-order chi connectivity index (χ0) is 20.9. The van der Waals surface area contributed by atoms with E-state index >= 15 is 0 Å². The molecule has 28 heavy (non-hydrogen) atoms. The largest absolute Gasteiger partial charge is 0.495 e. The van der Waals surface area contributed by atoms with Crippen LogP contribution in [0.25, 0.3) is 0 Å². The Hall–Kier alpha value is -2.77. The molecule has 1 fully saturated rings. The number of aryl methyl sites for hydroxylation is 1.